The topological polar surface area (TPSA) is 47.6 Å². The maximum atomic E-state index is 11.5. The lowest BCUT2D eigenvalue weighted by molar-refractivity contribution is 0.0201. The van der Waals surface area contributed by atoms with Crippen molar-refractivity contribution in [1.29, 1.82) is 0 Å². The first-order valence-corrected chi connectivity index (χ1v) is 3.81. The van der Waals surface area contributed by atoms with Crippen molar-refractivity contribution in [2.24, 2.45) is 10.7 Å². The largest absolute Gasteiger partial charge is 0.387 e. The van der Waals surface area contributed by atoms with E-state index in [1.165, 1.54) is 0 Å². The fraction of sp³-hybridized carbons (Fsp3) is 0.857. The predicted molar refractivity (Wildman–Crippen MR) is 43.6 cm³/mol. The third kappa shape index (κ3) is 7.40. The van der Waals surface area contributed by atoms with Crippen LogP contribution in [-0.2, 0) is 4.74 Å². The number of ether oxygens (including phenoxy) is 1. The first kappa shape index (κ1) is 11.3. The van der Waals surface area contributed by atoms with Crippen LogP contribution in [0.3, 0.4) is 0 Å². The number of alkyl halides is 2. The number of nitrogens with zero attached hydrogens (tertiary/aromatic N) is 1. The lowest BCUT2D eigenvalue weighted by Gasteiger charge is -2.02. The molecule has 5 heteroatoms. The van der Waals surface area contributed by atoms with Crippen LogP contribution in [-0.4, -0.2) is 32.0 Å². The van der Waals surface area contributed by atoms with Crippen LogP contribution in [0.2, 0.25) is 0 Å². The second kappa shape index (κ2) is 6.97. The first-order chi connectivity index (χ1) is 5.66. The van der Waals surface area contributed by atoms with Crippen molar-refractivity contribution in [2.45, 2.75) is 19.8 Å². The molecular weight excluding hydrogens is 166 g/mol. The van der Waals surface area contributed by atoms with Gasteiger partial charge in [-0.3, -0.25) is 4.99 Å². The van der Waals surface area contributed by atoms with Crippen LogP contribution in [0.5, 0.6) is 0 Å². The smallest absolute Gasteiger partial charge is 0.261 e. The zero-order valence-electron chi connectivity index (χ0n) is 7.09. The molecule has 0 saturated carbocycles. The molecule has 0 unspecified atom stereocenters. The molecule has 0 saturated heterocycles. The molecule has 0 bridgehead atoms. The van der Waals surface area contributed by atoms with Gasteiger partial charge in [-0.2, -0.15) is 0 Å². The van der Waals surface area contributed by atoms with Gasteiger partial charge in [-0.05, 0) is 6.92 Å². The number of rotatable bonds is 6. The summed E-state index contributed by atoms with van der Waals surface area (Å²) in [5.41, 5.74) is 5.38. The number of hydrogen-bond acceptors (Lipinski definition) is 2. The Morgan fingerprint density at radius 1 is 1.58 bits per heavy atom. The molecule has 0 aliphatic carbocycles. The van der Waals surface area contributed by atoms with Gasteiger partial charge in [-0.25, -0.2) is 8.78 Å². The maximum Gasteiger partial charge on any atom is 0.261 e. The summed E-state index contributed by atoms with van der Waals surface area (Å²) in [5.74, 6) is 0.451. The van der Waals surface area contributed by atoms with Gasteiger partial charge in [0.15, 0.2) is 0 Å². The van der Waals surface area contributed by atoms with Gasteiger partial charge in [0.25, 0.3) is 6.43 Å². The number of nitrogens with two attached hydrogens (primary N) is 1. The minimum absolute atomic E-state index is 0.208. The second-order valence-corrected chi connectivity index (χ2v) is 2.18. The summed E-state index contributed by atoms with van der Waals surface area (Å²) in [6.07, 6.45) is -1.99. The Morgan fingerprint density at radius 2 is 2.25 bits per heavy atom. The van der Waals surface area contributed by atoms with E-state index in [1.54, 1.807) is 0 Å². The predicted octanol–water partition coefficient (Wildman–Crippen LogP) is 1.04. The van der Waals surface area contributed by atoms with Crippen LogP contribution in [0, 0.1) is 0 Å². The van der Waals surface area contributed by atoms with E-state index < -0.39 is 13.0 Å². The second-order valence-electron chi connectivity index (χ2n) is 2.18. The van der Waals surface area contributed by atoms with E-state index in [1.807, 2.05) is 6.92 Å². The molecule has 0 aromatic rings. The van der Waals surface area contributed by atoms with E-state index in [2.05, 4.69) is 9.73 Å². The van der Waals surface area contributed by atoms with Crippen LogP contribution in [0.1, 0.15) is 13.3 Å². The van der Waals surface area contributed by atoms with Crippen molar-refractivity contribution in [3.05, 3.63) is 0 Å². The molecule has 2 N–H and O–H groups in total. The number of amidine groups is 1. The molecule has 0 fully saturated rings. The first-order valence-electron chi connectivity index (χ1n) is 3.81. The van der Waals surface area contributed by atoms with Gasteiger partial charge >= 0.3 is 0 Å². The van der Waals surface area contributed by atoms with Gasteiger partial charge in [-0.15, -0.1) is 0 Å². The Labute approximate surface area is 70.6 Å². The average Bonchev–Trinajstić information content (AvgIpc) is 1.98. The molecule has 0 atom stereocenters. The van der Waals surface area contributed by atoms with Gasteiger partial charge in [0.1, 0.15) is 6.61 Å². The van der Waals surface area contributed by atoms with E-state index >= 15 is 0 Å². The van der Waals surface area contributed by atoms with E-state index in [0.717, 1.165) is 0 Å². The summed E-state index contributed by atoms with van der Waals surface area (Å²) in [7, 11) is 0. The molecule has 0 amide bonds. The molecule has 12 heavy (non-hydrogen) atoms. The van der Waals surface area contributed by atoms with Crippen LogP contribution in [0.25, 0.3) is 0 Å². The lowest BCUT2D eigenvalue weighted by Crippen LogP contribution is -2.16. The van der Waals surface area contributed by atoms with Gasteiger partial charge in [0.05, 0.1) is 12.4 Å². The summed E-state index contributed by atoms with van der Waals surface area (Å²) in [6.45, 7) is 2.15. The average molecular weight is 180 g/mol. The Kier molecular flexibility index (Phi) is 6.55. The van der Waals surface area contributed by atoms with E-state index in [0.29, 0.717) is 18.8 Å². The van der Waals surface area contributed by atoms with Gasteiger partial charge < -0.3 is 10.5 Å². The molecule has 3 nitrogen and oxygen atoms in total. The molecule has 0 aliphatic rings. The van der Waals surface area contributed by atoms with Crippen molar-refractivity contribution in [3.8, 4) is 0 Å². The normalized spacial score (nSPS) is 12.5. The summed E-state index contributed by atoms with van der Waals surface area (Å²) < 4.78 is 27.6. The van der Waals surface area contributed by atoms with Crippen molar-refractivity contribution in [1.82, 2.24) is 0 Å². The van der Waals surface area contributed by atoms with Crippen LogP contribution in [0.4, 0.5) is 8.78 Å². The Morgan fingerprint density at radius 3 is 2.75 bits per heavy atom. The van der Waals surface area contributed by atoms with Crippen molar-refractivity contribution in [2.75, 3.05) is 19.8 Å². The molecule has 0 radical (unpaired) electrons. The number of hydrogen-bond donors (Lipinski definition) is 1. The van der Waals surface area contributed by atoms with Crippen LogP contribution in [0.15, 0.2) is 4.99 Å². The molecule has 0 aromatic carbocycles. The monoisotopic (exact) mass is 180 g/mol. The molecule has 0 spiro atoms. The molecule has 72 valence electrons. The zero-order chi connectivity index (χ0) is 9.40. The highest BCUT2D eigenvalue weighted by molar-refractivity contribution is 5.80. The summed E-state index contributed by atoms with van der Waals surface area (Å²) in [4.78, 5) is 3.87. The van der Waals surface area contributed by atoms with Crippen molar-refractivity contribution < 1.29 is 13.5 Å². The summed E-state index contributed by atoms with van der Waals surface area (Å²) in [6, 6.07) is 0. The standard InChI is InChI=1S/C7H14F2N2O/c1-2-11-7(10)3-4-12-5-6(8)9/h6H,2-5H2,1H3,(H2,10,11). The molecular formula is C7H14F2N2O. The Balaban J connectivity index is 3.25. The summed E-state index contributed by atoms with van der Waals surface area (Å²) in [5, 5.41) is 0. The molecule has 0 aliphatic heterocycles. The molecule has 0 rings (SSSR count). The van der Waals surface area contributed by atoms with Crippen LogP contribution < -0.4 is 5.73 Å². The highest BCUT2D eigenvalue weighted by atomic mass is 19.3. The van der Waals surface area contributed by atoms with E-state index in [-0.39, 0.29) is 6.61 Å². The Bertz CT molecular complexity index is 139. The maximum absolute atomic E-state index is 11.5. The Hall–Kier alpha value is -0.710. The SMILES string of the molecule is CCN=C(N)CCOCC(F)F. The van der Waals surface area contributed by atoms with E-state index in [9.17, 15) is 8.78 Å². The minimum atomic E-state index is -2.41. The third-order valence-corrected chi connectivity index (χ3v) is 1.11. The number of halogens is 2. The van der Waals surface area contributed by atoms with E-state index in [4.69, 9.17) is 5.73 Å². The third-order valence-electron chi connectivity index (χ3n) is 1.11. The highest BCUT2D eigenvalue weighted by Gasteiger charge is 2.01. The van der Waals surface area contributed by atoms with Crippen LogP contribution >= 0.6 is 0 Å². The van der Waals surface area contributed by atoms with Gasteiger partial charge in [0, 0.05) is 13.0 Å². The fourth-order valence-corrected chi connectivity index (χ4v) is 0.631. The van der Waals surface area contributed by atoms with Crippen molar-refractivity contribution in [3.63, 3.8) is 0 Å². The fourth-order valence-electron chi connectivity index (χ4n) is 0.631. The zero-order valence-corrected chi connectivity index (χ0v) is 7.09. The lowest BCUT2D eigenvalue weighted by atomic mass is 10.4. The number of aliphatic imine (C=N–C) groups is 1. The van der Waals surface area contributed by atoms with Gasteiger partial charge in [-0.1, -0.05) is 0 Å². The highest BCUT2D eigenvalue weighted by Crippen LogP contribution is 1.93. The van der Waals surface area contributed by atoms with Crippen molar-refractivity contribution >= 4 is 5.84 Å². The quantitative estimate of drug-likeness (QED) is 0.377. The van der Waals surface area contributed by atoms with Gasteiger partial charge in [0.2, 0.25) is 0 Å². The molecule has 0 heterocycles. The summed E-state index contributed by atoms with van der Waals surface area (Å²) >= 11 is 0. The minimum Gasteiger partial charge on any atom is -0.387 e. The molecule has 0 aromatic heterocycles.